The average Bonchev–Trinajstić information content (AvgIpc) is 2.97. The maximum atomic E-state index is 14.9. The molecule has 0 heterocycles. The minimum absolute atomic E-state index is 0.0854. The number of benzene rings is 3. The quantitative estimate of drug-likeness (QED) is 0.298. The first-order valence-corrected chi connectivity index (χ1v) is 15.4. The Labute approximate surface area is 247 Å². The van der Waals surface area contributed by atoms with Crippen LogP contribution in [0.3, 0.4) is 0 Å². The van der Waals surface area contributed by atoms with Crippen LogP contribution in [0.25, 0.3) is 0 Å². The molecular formula is C31H38FN3O6S. The topological polar surface area (TPSA) is 105 Å². The summed E-state index contributed by atoms with van der Waals surface area (Å²) >= 11 is 0. The van der Waals surface area contributed by atoms with Crippen molar-refractivity contribution in [1.29, 1.82) is 0 Å². The predicted molar refractivity (Wildman–Crippen MR) is 161 cm³/mol. The smallest absolute Gasteiger partial charge is 0.244 e. The molecule has 3 rings (SSSR count). The van der Waals surface area contributed by atoms with E-state index in [4.69, 9.17) is 9.47 Å². The summed E-state index contributed by atoms with van der Waals surface area (Å²) in [6.07, 6.45) is 1.75. The minimum atomic E-state index is -4.04. The van der Waals surface area contributed by atoms with Crippen molar-refractivity contribution in [2.75, 3.05) is 31.3 Å². The van der Waals surface area contributed by atoms with Crippen LogP contribution in [0.15, 0.2) is 72.8 Å². The second-order valence-corrected chi connectivity index (χ2v) is 11.9. The third-order valence-corrected chi connectivity index (χ3v) is 8.03. The van der Waals surface area contributed by atoms with Gasteiger partial charge in [-0.05, 0) is 37.1 Å². The van der Waals surface area contributed by atoms with Gasteiger partial charge in [0.1, 0.15) is 29.9 Å². The fourth-order valence-electron chi connectivity index (χ4n) is 4.39. The number of carbonyl (C=O) groups excluding carboxylic acids is 2. The second kappa shape index (κ2) is 14.7. The number of hydrogen-bond donors (Lipinski definition) is 1. The van der Waals surface area contributed by atoms with E-state index in [9.17, 15) is 22.4 Å². The minimum Gasteiger partial charge on any atom is -0.497 e. The molecule has 3 aromatic rings. The van der Waals surface area contributed by atoms with E-state index in [1.807, 2.05) is 44.2 Å². The van der Waals surface area contributed by atoms with Crippen molar-refractivity contribution < 1.29 is 31.9 Å². The zero-order valence-electron chi connectivity index (χ0n) is 24.5. The number of ether oxygens (including phenoxy) is 2. The molecule has 42 heavy (non-hydrogen) atoms. The third kappa shape index (κ3) is 8.45. The molecule has 226 valence electrons. The zero-order valence-corrected chi connectivity index (χ0v) is 25.4. The van der Waals surface area contributed by atoms with Crippen molar-refractivity contribution in [3.63, 3.8) is 0 Å². The molecule has 1 N–H and O–H groups in total. The first kappa shape index (κ1) is 32.4. The highest BCUT2D eigenvalue weighted by Crippen LogP contribution is 2.34. The molecule has 2 atom stereocenters. The first-order valence-electron chi connectivity index (χ1n) is 13.5. The summed E-state index contributed by atoms with van der Waals surface area (Å²) in [5, 5.41) is 2.94. The number of carbonyl (C=O) groups is 2. The molecule has 9 nitrogen and oxygen atoms in total. The summed E-state index contributed by atoms with van der Waals surface area (Å²) in [6.45, 7) is 2.84. The van der Waals surface area contributed by atoms with Gasteiger partial charge in [0, 0.05) is 30.6 Å². The van der Waals surface area contributed by atoms with Crippen LogP contribution >= 0.6 is 0 Å². The van der Waals surface area contributed by atoms with E-state index in [1.54, 1.807) is 12.1 Å². The standard InChI is InChI=1S/C31H38FN3O6S/c1-6-22(2)33-31(37)28(18-23-12-8-7-9-13-23)34(20-24-14-10-11-15-26(24)32)30(36)21-35(42(5,38)39)27-19-25(40-3)16-17-29(27)41-4/h7-17,19,22,28H,6,18,20-21H2,1-5H3,(H,33,37). The molecule has 0 radical (unpaired) electrons. The van der Waals surface area contributed by atoms with Crippen molar-refractivity contribution in [2.24, 2.45) is 0 Å². The number of nitrogens with one attached hydrogen (secondary N) is 1. The van der Waals surface area contributed by atoms with Crippen molar-refractivity contribution in [1.82, 2.24) is 10.2 Å². The molecule has 11 heteroatoms. The summed E-state index contributed by atoms with van der Waals surface area (Å²) in [5.74, 6) is -1.13. The van der Waals surface area contributed by atoms with Gasteiger partial charge in [0.05, 0.1) is 26.2 Å². The molecule has 0 aliphatic carbocycles. The van der Waals surface area contributed by atoms with E-state index in [-0.39, 0.29) is 36.0 Å². The largest absolute Gasteiger partial charge is 0.497 e. The third-order valence-electron chi connectivity index (χ3n) is 6.90. The Morgan fingerprint density at radius 2 is 1.64 bits per heavy atom. The Morgan fingerprint density at radius 3 is 2.24 bits per heavy atom. The van der Waals surface area contributed by atoms with Crippen LogP contribution in [0, 0.1) is 5.82 Å². The molecular weight excluding hydrogens is 561 g/mol. The Kier molecular flexibility index (Phi) is 11.3. The SMILES string of the molecule is CCC(C)NC(=O)C(Cc1ccccc1)N(Cc1ccccc1F)C(=O)CN(c1cc(OC)ccc1OC)S(C)(=O)=O. The summed E-state index contributed by atoms with van der Waals surface area (Å²) in [5.41, 5.74) is 1.05. The van der Waals surface area contributed by atoms with Gasteiger partial charge >= 0.3 is 0 Å². The lowest BCUT2D eigenvalue weighted by atomic mass is 10.0. The van der Waals surface area contributed by atoms with Crippen LogP contribution in [0.4, 0.5) is 10.1 Å². The maximum absolute atomic E-state index is 14.9. The fourth-order valence-corrected chi connectivity index (χ4v) is 5.24. The summed E-state index contributed by atoms with van der Waals surface area (Å²) in [6, 6.07) is 18.4. The van der Waals surface area contributed by atoms with Crippen LogP contribution in [-0.2, 0) is 32.6 Å². The molecule has 0 aromatic heterocycles. The number of nitrogens with zero attached hydrogens (tertiary/aromatic N) is 2. The van der Waals surface area contributed by atoms with E-state index in [0.29, 0.717) is 12.2 Å². The lowest BCUT2D eigenvalue weighted by Crippen LogP contribution is -2.54. The van der Waals surface area contributed by atoms with Gasteiger partial charge in [-0.3, -0.25) is 13.9 Å². The van der Waals surface area contributed by atoms with Gasteiger partial charge in [-0.2, -0.15) is 0 Å². The summed E-state index contributed by atoms with van der Waals surface area (Å²) in [7, 11) is -1.22. The van der Waals surface area contributed by atoms with E-state index in [1.165, 1.54) is 49.5 Å². The van der Waals surface area contributed by atoms with Gasteiger partial charge < -0.3 is 19.7 Å². The molecule has 0 bridgehead atoms. The van der Waals surface area contributed by atoms with Gasteiger partial charge in [-0.25, -0.2) is 12.8 Å². The van der Waals surface area contributed by atoms with Crippen LogP contribution in [-0.4, -0.2) is 64.2 Å². The van der Waals surface area contributed by atoms with E-state index < -0.39 is 40.2 Å². The Morgan fingerprint density at radius 1 is 0.976 bits per heavy atom. The highest BCUT2D eigenvalue weighted by atomic mass is 32.2. The number of rotatable bonds is 14. The van der Waals surface area contributed by atoms with Gasteiger partial charge in [0.25, 0.3) is 0 Å². The average molecular weight is 600 g/mol. The summed E-state index contributed by atoms with van der Waals surface area (Å²) < 4.78 is 52.6. The van der Waals surface area contributed by atoms with Crippen molar-refractivity contribution in [2.45, 2.75) is 45.3 Å². The number of amides is 2. The molecule has 0 spiro atoms. The predicted octanol–water partition coefficient (Wildman–Crippen LogP) is 4.16. The molecule has 0 fully saturated rings. The molecule has 2 amide bonds. The normalized spacial score (nSPS) is 12.6. The number of halogens is 1. The highest BCUT2D eigenvalue weighted by Gasteiger charge is 2.34. The van der Waals surface area contributed by atoms with Gasteiger partial charge in [-0.15, -0.1) is 0 Å². The fraction of sp³-hybridized carbons (Fsp3) is 0.355. The number of methoxy groups -OCH3 is 2. The van der Waals surface area contributed by atoms with Crippen molar-refractivity contribution >= 4 is 27.5 Å². The number of sulfonamides is 1. The Bertz CT molecular complexity index is 1470. The molecule has 0 aliphatic rings. The van der Waals surface area contributed by atoms with Crippen LogP contribution < -0.4 is 19.1 Å². The van der Waals surface area contributed by atoms with Crippen LogP contribution in [0.2, 0.25) is 0 Å². The highest BCUT2D eigenvalue weighted by molar-refractivity contribution is 7.92. The first-order chi connectivity index (χ1) is 20.0. The van der Waals surface area contributed by atoms with Crippen LogP contribution in [0.1, 0.15) is 31.4 Å². The molecule has 3 aromatic carbocycles. The monoisotopic (exact) mass is 599 g/mol. The second-order valence-electron chi connectivity index (χ2n) is 9.94. The molecule has 2 unspecified atom stereocenters. The van der Waals surface area contributed by atoms with E-state index >= 15 is 0 Å². The summed E-state index contributed by atoms with van der Waals surface area (Å²) in [4.78, 5) is 29.1. The van der Waals surface area contributed by atoms with Gasteiger partial charge in [0.2, 0.25) is 21.8 Å². The number of hydrogen-bond acceptors (Lipinski definition) is 6. The molecule has 0 saturated heterocycles. The Hall–Kier alpha value is -4.12. The zero-order chi connectivity index (χ0) is 30.9. The lowest BCUT2D eigenvalue weighted by Gasteiger charge is -2.34. The van der Waals surface area contributed by atoms with Crippen molar-refractivity contribution in [3.8, 4) is 11.5 Å². The van der Waals surface area contributed by atoms with E-state index in [2.05, 4.69) is 5.32 Å². The van der Waals surface area contributed by atoms with Crippen LogP contribution in [0.5, 0.6) is 11.5 Å². The van der Waals surface area contributed by atoms with Crippen molar-refractivity contribution in [3.05, 3.63) is 89.7 Å². The van der Waals surface area contributed by atoms with E-state index in [0.717, 1.165) is 16.1 Å². The molecule has 0 aliphatic heterocycles. The van der Waals surface area contributed by atoms with Gasteiger partial charge in [-0.1, -0.05) is 55.5 Å². The maximum Gasteiger partial charge on any atom is 0.244 e. The Balaban J connectivity index is 2.12. The van der Waals surface area contributed by atoms with Gasteiger partial charge in [0.15, 0.2) is 0 Å². The lowest BCUT2D eigenvalue weighted by molar-refractivity contribution is -0.140. The molecule has 0 saturated carbocycles. The number of anilines is 1.